The van der Waals surface area contributed by atoms with Crippen LogP contribution in [0, 0.1) is 5.82 Å². The van der Waals surface area contributed by atoms with Crippen molar-refractivity contribution in [1.82, 2.24) is 9.38 Å². The number of hydrogen-bond acceptors (Lipinski definition) is 2. The van der Waals surface area contributed by atoms with Gasteiger partial charge in [-0.3, -0.25) is 4.79 Å². The zero-order chi connectivity index (χ0) is 10.8. The van der Waals surface area contributed by atoms with Crippen LogP contribution in [-0.2, 0) is 11.2 Å². The van der Waals surface area contributed by atoms with Crippen LogP contribution >= 0.6 is 0 Å². The molecule has 0 aliphatic rings. The number of fused-ring (bicyclic) bond motifs is 1. The van der Waals surface area contributed by atoms with E-state index in [1.165, 1.54) is 12.3 Å². The summed E-state index contributed by atoms with van der Waals surface area (Å²) in [7, 11) is 0. The molecule has 78 valence electrons. The molecule has 2 aromatic rings. The van der Waals surface area contributed by atoms with Crippen molar-refractivity contribution in [2.45, 2.75) is 12.8 Å². The topological polar surface area (TPSA) is 54.6 Å². The lowest BCUT2D eigenvalue weighted by Gasteiger charge is -1.99. The summed E-state index contributed by atoms with van der Waals surface area (Å²) in [6.07, 6.45) is 3.37. The standard InChI is InChI=1S/C10H9FN2O2/c11-7-2-1-5-13-8(7)6-12-9(13)3-4-10(14)15/h1-2,5-6H,3-4H2,(H,14,15). The maximum Gasteiger partial charge on any atom is 0.303 e. The summed E-state index contributed by atoms with van der Waals surface area (Å²) in [5.41, 5.74) is 0.373. The van der Waals surface area contributed by atoms with Crippen LogP contribution in [0.3, 0.4) is 0 Å². The first-order chi connectivity index (χ1) is 7.18. The van der Waals surface area contributed by atoms with Gasteiger partial charge in [0.15, 0.2) is 0 Å². The lowest BCUT2D eigenvalue weighted by atomic mass is 10.3. The Balaban J connectivity index is 2.37. The van der Waals surface area contributed by atoms with Gasteiger partial charge in [-0.1, -0.05) is 0 Å². The Hall–Kier alpha value is -1.91. The van der Waals surface area contributed by atoms with Crippen LogP contribution in [0.1, 0.15) is 12.2 Å². The number of halogens is 1. The maximum absolute atomic E-state index is 13.2. The second-order valence-electron chi connectivity index (χ2n) is 3.18. The van der Waals surface area contributed by atoms with Crippen LogP contribution in [-0.4, -0.2) is 20.5 Å². The Morgan fingerprint density at radius 1 is 1.60 bits per heavy atom. The number of carbonyl (C=O) groups is 1. The van der Waals surface area contributed by atoms with Crippen LogP contribution in [0.15, 0.2) is 24.5 Å². The molecule has 2 rings (SSSR count). The molecule has 0 saturated carbocycles. The SMILES string of the molecule is O=C(O)CCc1ncc2c(F)cccn12. The molecular formula is C10H9FN2O2. The molecule has 0 bridgehead atoms. The summed E-state index contributed by atoms with van der Waals surface area (Å²) in [5, 5.41) is 8.53. The Morgan fingerprint density at radius 2 is 2.40 bits per heavy atom. The number of aliphatic carboxylic acids is 1. The molecule has 0 amide bonds. The molecular weight excluding hydrogens is 199 g/mol. The lowest BCUT2D eigenvalue weighted by Crippen LogP contribution is -2.01. The number of hydrogen-bond donors (Lipinski definition) is 1. The van der Waals surface area contributed by atoms with Gasteiger partial charge in [-0.15, -0.1) is 0 Å². The minimum absolute atomic E-state index is 0.00434. The third kappa shape index (κ3) is 1.81. The van der Waals surface area contributed by atoms with Crippen LogP contribution < -0.4 is 0 Å². The zero-order valence-electron chi connectivity index (χ0n) is 7.85. The first-order valence-electron chi connectivity index (χ1n) is 4.51. The molecule has 0 saturated heterocycles. The normalized spacial score (nSPS) is 10.7. The minimum atomic E-state index is -0.886. The molecule has 4 nitrogen and oxygen atoms in total. The second kappa shape index (κ2) is 3.68. The average molecular weight is 208 g/mol. The van der Waals surface area contributed by atoms with Gasteiger partial charge in [0.05, 0.1) is 12.6 Å². The number of carboxylic acids is 1. The molecule has 0 aliphatic carbocycles. The molecule has 0 unspecified atom stereocenters. The van der Waals surface area contributed by atoms with Crippen LogP contribution in [0.4, 0.5) is 4.39 Å². The van der Waals surface area contributed by atoms with Crippen molar-refractivity contribution in [3.63, 3.8) is 0 Å². The van der Waals surface area contributed by atoms with Gasteiger partial charge in [-0.25, -0.2) is 9.37 Å². The van der Waals surface area contributed by atoms with Gasteiger partial charge in [0.1, 0.15) is 17.2 Å². The molecule has 2 heterocycles. The Bertz CT molecular complexity index is 507. The van der Waals surface area contributed by atoms with Crippen LogP contribution in [0.25, 0.3) is 5.52 Å². The quantitative estimate of drug-likeness (QED) is 0.831. The Kier molecular flexibility index (Phi) is 2.37. The van der Waals surface area contributed by atoms with E-state index in [0.717, 1.165) is 0 Å². The lowest BCUT2D eigenvalue weighted by molar-refractivity contribution is -0.137. The number of aryl methyl sites for hydroxylation is 1. The molecule has 0 atom stereocenters. The van der Waals surface area contributed by atoms with Crippen molar-refractivity contribution in [1.29, 1.82) is 0 Å². The van der Waals surface area contributed by atoms with Crippen molar-refractivity contribution in [3.8, 4) is 0 Å². The average Bonchev–Trinajstić information content (AvgIpc) is 2.59. The van der Waals surface area contributed by atoms with Gasteiger partial charge in [-0.2, -0.15) is 0 Å². The van der Waals surface area contributed by atoms with E-state index in [-0.39, 0.29) is 12.2 Å². The van der Waals surface area contributed by atoms with E-state index in [9.17, 15) is 9.18 Å². The minimum Gasteiger partial charge on any atom is -0.481 e. The fourth-order valence-electron chi connectivity index (χ4n) is 1.44. The molecule has 1 N–H and O–H groups in total. The van der Waals surface area contributed by atoms with Crippen LogP contribution in [0.5, 0.6) is 0 Å². The third-order valence-electron chi connectivity index (χ3n) is 2.16. The number of pyridine rings is 1. The summed E-state index contributed by atoms with van der Waals surface area (Å²) in [6.45, 7) is 0. The number of imidazole rings is 1. The molecule has 0 radical (unpaired) electrons. The van der Waals surface area contributed by atoms with E-state index in [0.29, 0.717) is 17.8 Å². The Morgan fingerprint density at radius 3 is 3.13 bits per heavy atom. The highest BCUT2D eigenvalue weighted by Gasteiger charge is 2.08. The maximum atomic E-state index is 13.2. The summed E-state index contributed by atoms with van der Waals surface area (Å²) in [5.74, 6) is -0.679. The molecule has 2 aromatic heterocycles. The number of carboxylic acid groups (broad SMARTS) is 1. The highest BCUT2D eigenvalue weighted by atomic mass is 19.1. The highest BCUT2D eigenvalue weighted by Crippen LogP contribution is 2.12. The number of nitrogens with zero attached hydrogens (tertiary/aromatic N) is 2. The van der Waals surface area contributed by atoms with Crippen molar-refractivity contribution in [3.05, 3.63) is 36.2 Å². The fourth-order valence-corrected chi connectivity index (χ4v) is 1.44. The highest BCUT2D eigenvalue weighted by molar-refractivity contribution is 5.67. The molecule has 5 heteroatoms. The van der Waals surface area contributed by atoms with E-state index >= 15 is 0 Å². The molecule has 0 spiro atoms. The summed E-state index contributed by atoms with van der Waals surface area (Å²) < 4.78 is 14.8. The van der Waals surface area contributed by atoms with Gasteiger partial charge in [-0.05, 0) is 12.1 Å². The van der Waals surface area contributed by atoms with Gasteiger partial charge in [0, 0.05) is 12.6 Å². The second-order valence-corrected chi connectivity index (χ2v) is 3.18. The van der Waals surface area contributed by atoms with Gasteiger partial charge in [0.2, 0.25) is 0 Å². The molecule has 15 heavy (non-hydrogen) atoms. The van der Waals surface area contributed by atoms with E-state index in [2.05, 4.69) is 4.98 Å². The number of aromatic nitrogens is 2. The van der Waals surface area contributed by atoms with Crippen molar-refractivity contribution >= 4 is 11.5 Å². The first-order valence-corrected chi connectivity index (χ1v) is 4.51. The van der Waals surface area contributed by atoms with Crippen LogP contribution in [0.2, 0.25) is 0 Å². The molecule has 0 aromatic carbocycles. The van der Waals surface area contributed by atoms with Gasteiger partial charge in [0.25, 0.3) is 0 Å². The zero-order valence-corrected chi connectivity index (χ0v) is 7.85. The Labute approximate surface area is 85.0 Å². The van der Waals surface area contributed by atoms with Gasteiger partial charge < -0.3 is 9.51 Å². The van der Waals surface area contributed by atoms with Crippen molar-refractivity contribution in [2.75, 3.05) is 0 Å². The summed E-state index contributed by atoms with van der Waals surface area (Å²) >= 11 is 0. The van der Waals surface area contributed by atoms with E-state index in [4.69, 9.17) is 5.11 Å². The largest absolute Gasteiger partial charge is 0.481 e. The predicted octanol–water partition coefficient (Wildman–Crippen LogP) is 1.49. The fraction of sp³-hybridized carbons (Fsp3) is 0.200. The molecule has 0 aliphatic heterocycles. The first kappa shape index (κ1) is 9.64. The predicted molar refractivity (Wildman–Crippen MR) is 51.1 cm³/mol. The van der Waals surface area contributed by atoms with E-state index < -0.39 is 5.97 Å². The summed E-state index contributed by atoms with van der Waals surface area (Å²) in [6, 6.07) is 2.91. The van der Waals surface area contributed by atoms with Crippen molar-refractivity contribution < 1.29 is 14.3 Å². The smallest absolute Gasteiger partial charge is 0.303 e. The monoisotopic (exact) mass is 208 g/mol. The van der Waals surface area contributed by atoms with Gasteiger partial charge >= 0.3 is 5.97 Å². The third-order valence-corrected chi connectivity index (χ3v) is 2.16. The summed E-state index contributed by atoms with van der Waals surface area (Å²) in [4.78, 5) is 14.4. The van der Waals surface area contributed by atoms with Crippen molar-refractivity contribution in [2.24, 2.45) is 0 Å². The molecule has 0 fully saturated rings. The number of rotatable bonds is 3. The van der Waals surface area contributed by atoms with E-state index in [1.807, 2.05) is 0 Å². The van der Waals surface area contributed by atoms with E-state index in [1.54, 1.807) is 16.7 Å².